The van der Waals surface area contributed by atoms with Gasteiger partial charge in [0.1, 0.15) is 28.9 Å². The fourth-order valence-corrected chi connectivity index (χ4v) is 3.52. The van der Waals surface area contributed by atoms with Crippen molar-refractivity contribution in [3.63, 3.8) is 0 Å². The highest BCUT2D eigenvalue weighted by Crippen LogP contribution is 2.42. The molecule has 2 aromatic rings. The molecular weight excluding hydrogens is 416 g/mol. The largest absolute Gasteiger partial charge is 0.463 e. The van der Waals surface area contributed by atoms with Crippen molar-refractivity contribution in [2.24, 2.45) is 5.73 Å². The molecule has 6 nitrogen and oxygen atoms in total. The molecule has 0 fully saturated rings. The zero-order chi connectivity index (χ0) is 22.4. The molecule has 0 aliphatic carbocycles. The van der Waals surface area contributed by atoms with E-state index in [9.17, 15) is 10.1 Å². The summed E-state index contributed by atoms with van der Waals surface area (Å²) in [4.78, 5) is 12.9. The normalized spacial score (nSPS) is 15.9. The van der Waals surface area contributed by atoms with Crippen molar-refractivity contribution in [1.29, 1.82) is 5.26 Å². The smallest absolute Gasteiger partial charge is 0.338 e. The predicted molar refractivity (Wildman–Crippen MR) is 117 cm³/mol. The number of benzene rings is 2. The first kappa shape index (κ1) is 22.3. The Morgan fingerprint density at radius 2 is 1.94 bits per heavy atom. The first-order chi connectivity index (χ1) is 15.0. The molecule has 31 heavy (non-hydrogen) atoms. The zero-order valence-electron chi connectivity index (χ0n) is 17.4. The lowest BCUT2D eigenvalue weighted by atomic mass is 9.82. The summed E-state index contributed by atoms with van der Waals surface area (Å²) in [5.41, 5.74) is 7.18. The van der Waals surface area contributed by atoms with E-state index < -0.39 is 11.9 Å². The van der Waals surface area contributed by atoms with Gasteiger partial charge in [0.05, 0.1) is 18.1 Å². The highest BCUT2D eigenvalue weighted by atomic mass is 35.5. The maximum absolute atomic E-state index is 12.9. The standard InChI is InChI=1S/C24H23ClN2O4/c1-3-6-20-22(24(28)29-4-2)21(19(14-26)23(27)31-20)15-7-5-8-18(13-15)30-17-11-9-16(25)10-12-17/h5,7-13,21H,3-4,6,27H2,1-2H3/t21-/m0/s1. The highest BCUT2D eigenvalue weighted by molar-refractivity contribution is 6.30. The van der Waals surface area contributed by atoms with Crippen molar-refractivity contribution in [3.05, 3.63) is 81.9 Å². The van der Waals surface area contributed by atoms with Crippen molar-refractivity contribution < 1.29 is 19.0 Å². The van der Waals surface area contributed by atoms with Crippen LogP contribution in [0, 0.1) is 11.3 Å². The molecule has 2 aromatic carbocycles. The first-order valence-corrected chi connectivity index (χ1v) is 10.4. The first-order valence-electron chi connectivity index (χ1n) is 9.99. The van der Waals surface area contributed by atoms with E-state index in [0.29, 0.717) is 34.3 Å². The van der Waals surface area contributed by atoms with Crippen LogP contribution in [0.25, 0.3) is 0 Å². The van der Waals surface area contributed by atoms with Gasteiger partial charge in [-0.3, -0.25) is 0 Å². The van der Waals surface area contributed by atoms with Crippen LogP contribution in [0.4, 0.5) is 0 Å². The molecule has 1 atom stereocenters. The van der Waals surface area contributed by atoms with E-state index in [4.69, 9.17) is 31.5 Å². The van der Waals surface area contributed by atoms with Crippen molar-refractivity contribution in [2.75, 3.05) is 6.61 Å². The minimum atomic E-state index is -0.715. The van der Waals surface area contributed by atoms with Gasteiger partial charge in [-0.25, -0.2) is 4.79 Å². The Morgan fingerprint density at radius 3 is 2.58 bits per heavy atom. The Bertz CT molecular complexity index is 1070. The van der Waals surface area contributed by atoms with Crippen LogP contribution in [0.15, 0.2) is 71.3 Å². The van der Waals surface area contributed by atoms with Crippen LogP contribution in [0.2, 0.25) is 5.02 Å². The molecular formula is C24H23ClN2O4. The summed E-state index contributed by atoms with van der Waals surface area (Å²) < 4.78 is 16.9. The van der Waals surface area contributed by atoms with Crippen LogP contribution < -0.4 is 10.5 Å². The van der Waals surface area contributed by atoms with Gasteiger partial charge in [-0.1, -0.05) is 30.7 Å². The molecule has 0 amide bonds. The van der Waals surface area contributed by atoms with Crippen LogP contribution in [-0.2, 0) is 14.3 Å². The summed E-state index contributed by atoms with van der Waals surface area (Å²) in [6.45, 7) is 3.90. The quantitative estimate of drug-likeness (QED) is 0.569. The number of esters is 1. The van der Waals surface area contributed by atoms with Crippen molar-refractivity contribution >= 4 is 17.6 Å². The van der Waals surface area contributed by atoms with Gasteiger partial charge in [0.2, 0.25) is 5.88 Å². The van der Waals surface area contributed by atoms with E-state index in [1.807, 2.05) is 13.0 Å². The Hall–Kier alpha value is -3.43. The maximum Gasteiger partial charge on any atom is 0.338 e. The van der Waals surface area contributed by atoms with Gasteiger partial charge in [-0.2, -0.15) is 5.26 Å². The van der Waals surface area contributed by atoms with Gasteiger partial charge in [-0.05, 0) is 55.3 Å². The van der Waals surface area contributed by atoms with Gasteiger partial charge in [-0.15, -0.1) is 0 Å². The monoisotopic (exact) mass is 438 g/mol. The average molecular weight is 439 g/mol. The summed E-state index contributed by atoms with van der Waals surface area (Å²) in [5.74, 6) is 0.326. The molecule has 0 unspecified atom stereocenters. The minimum Gasteiger partial charge on any atom is -0.463 e. The Balaban J connectivity index is 2.07. The molecule has 1 aliphatic rings. The SMILES string of the molecule is CCCC1=C(C(=O)OCC)[C@@H](c2cccc(Oc3ccc(Cl)cc3)c2)C(C#N)=C(N)O1. The number of hydrogen-bond acceptors (Lipinski definition) is 6. The summed E-state index contributed by atoms with van der Waals surface area (Å²) in [6, 6.07) is 16.2. The van der Waals surface area contributed by atoms with Crippen LogP contribution in [0.5, 0.6) is 11.5 Å². The lowest BCUT2D eigenvalue weighted by Crippen LogP contribution is -2.26. The fourth-order valence-electron chi connectivity index (χ4n) is 3.39. The topological polar surface area (TPSA) is 94.6 Å². The van der Waals surface area contributed by atoms with Gasteiger partial charge in [0.15, 0.2) is 0 Å². The molecule has 7 heteroatoms. The van der Waals surface area contributed by atoms with Crippen LogP contribution in [0.3, 0.4) is 0 Å². The number of nitrogens with two attached hydrogens (primary N) is 1. The molecule has 2 N–H and O–H groups in total. The summed E-state index contributed by atoms with van der Waals surface area (Å²) >= 11 is 5.93. The second kappa shape index (κ2) is 10.1. The third kappa shape index (κ3) is 5.01. The summed E-state index contributed by atoms with van der Waals surface area (Å²) in [7, 11) is 0. The maximum atomic E-state index is 12.9. The number of nitrogens with zero attached hydrogens (tertiary/aromatic N) is 1. The molecule has 0 saturated heterocycles. The summed E-state index contributed by atoms with van der Waals surface area (Å²) in [5, 5.41) is 10.4. The van der Waals surface area contributed by atoms with E-state index in [1.165, 1.54) is 0 Å². The van der Waals surface area contributed by atoms with Crippen molar-refractivity contribution in [2.45, 2.75) is 32.6 Å². The van der Waals surface area contributed by atoms with Gasteiger partial charge >= 0.3 is 5.97 Å². The molecule has 0 bridgehead atoms. The molecule has 1 heterocycles. The van der Waals surface area contributed by atoms with E-state index in [0.717, 1.165) is 6.42 Å². The zero-order valence-corrected chi connectivity index (χ0v) is 18.1. The molecule has 1 aliphatic heterocycles. The molecule has 0 radical (unpaired) electrons. The summed E-state index contributed by atoms with van der Waals surface area (Å²) in [6.07, 6.45) is 1.23. The second-order valence-electron chi connectivity index (χ2n) is 6.86. The molecule has 160 valence electrons. The van der Waals surface area contributed by atoms with Crippen LogP contribution in [0.1, 0.15) is 38.2 Å². The fraction of sp³-hybridized carbons (Fsp3) is 0.250. The number of carbonyl (C=O) groups is 1. The van der Waals surface area contributed by atoms with Crippen LogP contribution >= 0.6 is 11.6 Å². The molecule has 0 spiro atoms. The van der Waals surface area contributed by atoms with Gasteiger partial charge in [0.25, 0.3) is 0 Å². The molecule has 0 saturated carbocycles. The van der Waals surface area contributed by atoms with Gasteiger partial charge < -0.3 is 19.9 Å². The third-order valence-corrected chi connectivity index (χ3v) is 4.96. The number of halogens is 1. The Labute approximate surface area is 186 Å². The predicted octanol–water partition coefficient (Wildman–Crippen LogP) is 5.56. The molecule has 0 aromatic heterocycles. The lowest BCUT2D eigenvalue weighted by molar-refractivity contribution is -0.139. The van der Waals surface area contributed by atoms with Crippen LogP contribution in [-0.4, -0.2) is 12.6 Å². The number of hydrogen-bond donors (Lipinski definition) is 1. The number of ether oxygens (including phenoxy) is 3. The van der Waals surface area contributed by atoms with Crippen molar-refractivity contribution in [1.82, 2.24) is 0 Å². The van der Waals surface area contributed by atoms with E-state index in [2.05, 4.69) is 6.07 Å². The number of carbonyl (C=O) groups excluding carboxylic acids is 1. The van der Waals surface area contributed by atoms with E-state index in [-0.39, 0.29) is 23.6 Å². The second-order valence-corrected chi connectivity index (χ2v) is 7.30. The molecule has 3 rings (SSSR count). The van der Waals surface area contributed by atoms with Gasteiger partial charge in [0, 0.05) is 11.4 Å². The highest BCUT2D eigenvalue weighted by Gasteiger charge is 2.37. The lowest BCUT2D eigenvalue weighted by Gasteiger charge is -2.28. The number of rotatable bonds is 7. The third-order valence-electron chi connectivity index (χ3n) is 4.71. The number of nitriles is 1. The minimum absolute atomic E-state index is 0.00646. The average Bonchev–Trinajstić information content (AvgIpc) is 2.75. The van der Waals surface area contributed by atoms with E-state index in [1.54, 1.807) is 49.4 Å². The van der Waals surface area contributed by atoms with Crippen molar-refractivity contribution in [3.8, 4) is 17.6 Å². The Kier molecular flexibility index (Phi) is 7.22. The number of allylic oxidation sites excluding steroid dienone is 2. The Morgan fingerprint density at radius 1 is 1.19 bits per heavy atom. The van der Waals surface area contributed by atoms with E-state index >= 15 is 0 Å².